The number of pyridine rings is 2. The molecule has 192 valence electrons. The molecule has 1 amide bonds. The fraction of sp³-hybridized carbons (Fsp3) is 0.100. The van der Waals surface area contributed by atoms with Gasteiger partial charge in [0, 0.05) is 43.0 Å². The molecule has 0 radical (unpaired) electrons. The highest BCUT2D eigenvalue weighted by atomic mass is 16.1. The maximum absolute atomic E-state index is 11.4. The first-order valence-electron chi connectivity index (χ1n) is 12.4. The standard InChI is InChI=1S/C22H17N3.C8H9N5O/c1-2-20-22(18-7-4-3-5-8-18)25-19(9-6-10-21(25)24-20)12-11-17-13-15-23-16-14-17;1-10-8(14)5-6(9)12-13-4-2-3-11-7(5)13/h3-10,13-16H,2H2,1H3;2-4H,1H3,(H2,9,12)(H,10,14). The second-order valence-electron chi connectivity index (χ2n) is 8.44. The lowest BCUT2D eigenvalue weighted by atomic mass is 10.1. The van der Waals surface area contributed by atoms with Crippen molar-refractivity contribution in [2.24, 2.45) is 0 Å². The van der Waals surface area contributed by atoms with E-state index in [1.165, 1.54) is 11.6 Å². The van der Waals surface area contributed by atoms with E-state index in [0.717, 1.165) is 40.3 Å². The highest BCUT2D eigenvalue weighted by Crippen LogP contribution is 2.27. The van der Waals surface area contributed by atoms with Crippen LogP contribution < -0.4 is 11.1 Å². The molecule has 9 heteroatoms. The van der Waals surface area contributed by atoms with Crippen LogP contribution >= 0.6 is 0 Å². The number of nitrogens with one attached hydrogen (secondary N) is 1. The second kappa shape index (κ2) is 11.3. The van der Waals surface area contributed by atoms with Crippen LogP contribution in [0.3, 0.4) is 0 Å². The number of anilines is 1. The second-order valence-corrected chi connectivity index (χ2v) is 8.44. The van der Waals surface area contributed by atoms with Gasteiger partial charge >= 0.3 is 0 Å². The summed E-state index contributed by atoms with van der Waals surface area (Å²) in [6, 6.07) is 22.0. The van der Waals surface area contributed by atoms with Crippen LogP contribution in [0.5, 0.6) is 0 Å². The van der Waals surface area contributed by atoms with Gasteiger partial charge in [-0.15, -0.1) is 5.10 Å². The number of aromatic nitrogens is 6. The number of hydrogen-bond acceptors (Lipinski definition) is 6. The van der Waals surface area contributed by atoms with E-state index in [0.29, 0.717) is 11.2 Å². The summed E-state index contributed by atoms with van der Waals surface area (Å²) >= 11 is 0. The Morgan fingerprint density at radius 2 is 1.77 bits per heavy atom. The highest BCUT2D eigenvalue weighted by molar-refractivity contribution is 6.03. The smallest absolute Gasteiger partial charge is 0.258 e. The van der Waals surface area contributed by atoms with Crippen LogP contribution in [-0.4, -0.2) is 41.9 Å². The molecule has 0 aliphatic carbocycles. The summed E-state index contributed by atoms with van der Waals surface area (Å²) < 4.78 is 3.63. The minimum atomic E-state index is -0.281. The first-order chi connectivity index (χ1) is 19.1. The molecule has 0 aliphatic rings. The largest absolute Gasteiger partial charge is 0.381 e. The van der Waals surface area contributed by atoms with Gasteiger partial charge in [0.1, 0.15) is 11.2 Å². The van der Waals surface area contributed by atoms with Gasteiger partial charge in [0.2, 0.25) is 0 Å². The van der Waals surface area contributed by atoms with Crippen LogP contribution in [0.15, 0.2) is 91.5 Å². The molecule has 0 atom stereocenters. The number of imidazole rings is 1. The molecule has 0 saturated heterocycles. The zero-order chi connectivity index (χ0) is 27.2. The average Bonchev–Trinajstić information content (AvgIpc) is 3.54. The van der Waals surface area contributed by atoms with Gasteiger partial charge in [-0.05, 0) is 42.7 Å². The zero-order valence-corrected chi connectivity index (χ0v) is 21.5. The molecule has 39 heavy (non-hydrogen) atoms. The quantitative estimate of drug-likeness (QED) is 0.345. The molecule has 3 N–H and O–H groups in total. The van der Waals surface area contributed by atoms with Gasteiger partial charge in [0.05, 0.1) is 17.1 Å². The number of aryl methyl sites for hydroxylation is 1. The fourth-order valence-electron chi connectivity index (χ4n) is 4.19. The zero-order valence-electron chi connectivity index (χ0n) is 21.5. The minimum absolute atomic E-state index is 0.183. The molecule has 0 bridgehead atoms. The summed E-state index contributed by atoms with van der Waals surface area (Å²) in [4.78, 5) is 24.3. The molecule has 0 unspecified atom stereocenters. The van der Waals surface area contributed by atoms with Gasteiger partial charge in [0.15, 0.2) is 11.5 Å². The summed E-state index contributed by atoms with van der Waals surface area (Å²) in [5.74, 6) is 6.42. The number of carbonyl (C=O) groups is 1. The Bertz CT molecular complexity index is 1810. The molecule has 5 aromatic heterocycles. The van der Waals surface area contributed by atoms with E-state index in [2.05, 4.69) is 67.8 Å². The summed E-state index contributed by atoms with van der Waals surface area (Å²) in [7, 11) is 1.54. The Balaban J connectivity index is 0.000000186. The van der Waals surface area contributed by atoms with Crippen molar-refractivity contribution in [3.8, 4) is 23.1 Å². The van der Waals surface area contributed by atoms with Crippen molar-refractivity contribution in [1.82, 2.24) is 34.3 Å². The summed E-state index contributed by atoms with van der Waals surface area (Å²) in [5.41, 5.74) is 12.5. The van der Waals surface area contributed by atoms with E-state index in [-0.39, 0.29) is 11.7 Å². The SMILES string of the molecule is CCc1nc2cccc(C#Cc3ccncc3)n2c1-c1ccccc1.CNC(=O)c1c(N)nn2cccnc12. The van der Waals surface area contributed by atoms with Crippen molar-refractivity contribution < 1.29 is 4.79 Å². The lowest BCUT2D eigenvalue weighted by molar-refractivity contribution is 0.0965. The fourth-order valence-corrected chi connectivity index (χ4v) is 4.19. The van der Waals surface area contributed by atoms with E-state index in [9.17, 15) is 4.79 Å². The van der Waals surface area contributed by atoms with E-state index < -0.39 is 0 Å². The molecular formula is C30H26N8O. The van der Waals surface area contributed by atoms with Crippen LogP contribution in [0.25, 0.3) is 22.6 Å². The monoisotopic (exact) mass is 514 g/mol. The third-order valence-corrected chi connectivity index (χ3v) is 5.99. The molecule has 0 aliphatic heterocycles. The van der Waals surface area contributed by atoms with Crippen molar-refractivity contribution in [1.29, 1.82) is 0 Å². The number of fused-ring (bicyclic) bond motifs is 2. The molecule has 0 saturated carbocycles. The van der Waals surface area contributed by atoms with Crippen LogP contribution in [0.4, 0.5) is 5.82 Å². The number of nitrogens with two attached hydrogens (primary N) is 1. The highest BCUT2D eigenvalue weighted by Gasteiger charge is 2.17. The van der Waals surface area contributed by atoms with Crippen molar-refractivity contribution >= 4 is 23.0 Å². The van der Waals surface area contributed by atoms with Gasteiger partial charge < -0.3 is 11.1 Å². The number of carbonyl (C=O) groups excluding carboxylic acids is 1. The molecule has 0 fully saturated rings. The van der Waals surface area contributed by atoms with Crippen LogP contribution in [0, 0.1) is 11.8 Å². The van der Waals surface area contributed by atoms with E-state index >= 15 is 0 Å². The summed E-state index contributed by atoms with van der Waals surface area (Å²) in [6.45, 7) is 2.14. The number of amides is 1. The number of benzene rings is 1. The number of hydrogen-bond donors (Lipinski definition) is 2. The van der Waals surface area contributed by atoms with Gasteiger partial charge in [-0.25, -0.2) is 14.5 Å². The first kappa shape index (κ1) is 25.2. The maximum Gasteiger partial charge on any atom is 0.258 e. The minimum Gasteiger partial charge on any atom is -0.381 e. The van der Waals surface area contributed by atoms with Crippen molar-refractivity contribution in [3.63, 3.8) is 0 Å². The van der Waals surface area contributed by atoms with Crippen molar-refractivity contribution in [2.45, 2.75) is 13.3 Å². The number of nitrogen functional groups attached to an aromatic ring is 1. The molecular weight excluding hydrogens is 488 g/mol. The first-order valence-corrected chi connectivity index (χ1v) is 12.4. The van der Waals surface area contributed by atoms with Gasteiger partial charge in [-0.3, -0.25) is 14.2 Å². The lowest BCUT2D eigenvalue weighted by Crippen LogP contribution is -2.19. The average molecular weight is 515 g/mol. The molecule has 1 aromatic carbocycles. The predicted molar refractivity (Wildman–Crippen MR) is 151 cm³/mol. The normalized spacial score (nSPS) is 10.4. The van der Waals surface area contributed by atoms with Crippen LogP contribution in [0.1, 0.15) is 34.2 Å². The third kappa shape index (κ3) is 5.17. The molecule has 9 nitrogen and oxygen atoms in total. The Labute approximate surface area is 225 Å². The number of nitrogens with zero attached hydrogens (tertiary/aromatic N) is 6. The van der Waals surface area contributed by atoms with Gasteiger partial charge in [-0.2, -0.15) is 0 Å². The molecule has 0 spiro atoms. The van der Waals surface area contributed by atoms with Crippen LogP contribution in [0.2, 0.25) is 0 Å². The number of rotatable bonds is 3. The Morgan fingerprint density at radius 3 is 2.51 bits per heavy atom. The van der Waals surface area contributed by atoms with Crippen LogP contribution in [-0.2, 0) is 6.42 Å². The maximum atomic E-state index is 11.4. The topological polar surface area (TPSA) is 116 Å². The van der Waals surface area contributed by atoms with E-state index in [4.69, 9.17) is 10.7 Å². The predicted octanol–water partition coefficient (Wildman–Crippen LogP) is 4.03. The van der Waals surface area contributed by atoms with Gasteiger partial charge in [0.25, 0.3) is 5.91 Å². The Hall–Kier alpha value is -5.49. The lowest BCUT2D eigenvalue weighted by Gasteiger charge is -2.06. The van der Waals surface area contributed by atoms with E-state index in [1.807, 2.05) is 36.4 Å². The Kier molecular flexibility index (Phi) is 7.28. The van der Waals surface area contributed by atoms with Crippen molar-refractivity contribution in [3.05, 3.63) is 114 Å². The van der Waals surface area contributed by atoms with Crippen molar-refractivity contribution in [2.75, 3.05) is 12.8 Å². The Morgan fingerprint density at radius 1 is 0.974 bits per heavy atom. The molecule has 6 aromatic rings. The third-order valence-electron chi connectivity index (χ3n) is 5.99. The summed E-state index contributed by atoms with van der Waals surface area (Å²) in [5, 5.41) is 6.44. The molecule has 5 heterocycles. The summed E-state index contributed by atoms with van der Waals surface area (Å²) in [6.07, 6.45) is 7.66. The molecule has 6 rings (SSSR count). The van der Waals surface area contributed by atoms with Gasteiger partial charge in [-0.1, -0.05) is 49.2 Å². The van der Waals surface area contributed by atoms with E-state index in [1.54, 1.807) is 30.9 Å².